The Kier molecular flexibility index (Phi) is 5.21. The molecule has 8 nitrogen and oxygen atoms in total. The Morgan fingerprint density at radius 3 is 2.43 bits per heavy atom. The van der Waals surface area contributed by atoms with Crippen LogP contribution in [0.15, 0.2) is 42.5 Å². The minimum absolute atomic E-state index is 0.0389. The van der Waals surface area contributed by atoms with E-state index in [1.165, 1.54) is 25.3 Å². The standard InChI is InChI=1S/C19H13F3N2O6/c1-10(25)23-15-7-6-13(30-19(20,21)22)9-14(15)16(18(23)26)17(29-2)11-4-3-5-12(8-11)24(27)28/h3-9H,1-2H3/b17-16-. The summed E-state index contributed by atoms with van der Waals surface area (Å²) in [7, 11) is 1.20. The number of benzene rings is 2. The van der Waals surface area contributed by atoms with Crippen molar-refractivity contribution in [1.82, 2.24) is 0 Å². The number of amides is 2. The summed E-state index contributed by atoms with van der Waals surface area (Å²) in [4.78, 5) is 36.2. The molecule has 0 radical (unpaired) electrons. The molecule has 1 heterocycles. The largest absolute Gasteiger partial charge is 0.573 e. The van der Waals surface area contributed by atoms with Crippen LogP contribution in [0.2, 0.25) is 0 Å². The third kappa shape index (κ3) is 3.81. The minimum Gasteiger partial charge on any atom is -0.495 e. The number of carbonyl (C=O) groups excluding carboxylic acids is 2. The van der Waals surface area contributed by atoms with Crippen LogP contribution in [0.3, 0.4) is 0 Å². The van der Waals surface area contributed by atoms with Crippen molar-refractivity contribution in [2.75, 3.05) is 12.0 Å². The van der Waals surface area contributed by atoms with E-state index in [-0.39, 0.29) is 33.8 Å². The first-order chi connectivity index (χ1) is 14.0. The van der Waals surface area contributed by atoms with Gasteiger partial charge in [-0.05, 0) is 18.2 Å². The number of nitro benzene ring substituents is 1. The molecular formula is C19H13F3N2O6. The van der Waals surface area contributed by atoms with Gasteiger partial charge in [0.25, 0.3) is 11.6 Å². The highest BCUT2D eigenvalue weighted by molar-refractivity contribution is 6.42. The minimum atomic E-state index is -4.97. The summed E-state index contributed by atoms with van der Waals surface area (Å²) in [6.07, 6.45) is -4.97. The third-order valence-corrected chi connectivity index (χ3v) is 4.19. The molecule has 2 aromatic carbocycles. The number of nitro groups is 1. The number of nitrogens with zero attached hydrogens (tertiary/aromatic N) is 2. The van der Waals surface area contributed by atoms with Gasteiger partial charge in [-0.3, -0.25) is 19.7 Å². The van der Waals surface area contributed by atoms with E-state index in [0.717, 1.165) is 36.1 Å². The summed E-state index contributed by atoms with van der Waals surface area (Å²) in [5.41, 5.74) is -0.382. The first kappa shape index (κ1) is 20.8. The smallest absolute Gasteiger partial charge is 0.495 e. The van der Waals surface area contributed by atoms with Gasteiger partial charge < -0.3 is 9.47 Å². The van der Waals surface area contributed by atoms with Crippen molar-refractivity contribution >= 4 is 34.5 Å². The molecule has 0 fully saturated rings. The molecule has 0 saturated carbocycles. The summed E-state index contributed by atoms with van der Waals surface area (Å²) in [6.45, 7) is 1.12. The number of methoxy groups -OCH3 is 1. The Morgan fingerprint density at radius 1 is 1.17 bits per heavy atom. The number of fused-ring (bicyclic) bond motifs is 1. The van der Waals surface area contributed by atoms with Gasteiger partial charge in [0.2, 0.25) is 5.91 Å². The van der Waals surface area contributed by atoms with Crippen molar-refractivity contribution < 1.29 is 37.2 Å². The van der Waals surface area contributed by atoms with Crippen LogP contribution in [0.5, 0.6) is 5.75 Å². The van der Waals surface area contributed by atoms with Crippen LogP contribution in [-0.4, -0.2) is 30.2 Å². The second kappa shape index (κ2) is 7.50. The molecule has 30 heavy (non-hydrogen) atoms. The number of rotatable bonds is 4. The quantitative estimate of drug-likeness (QED) is 0.321. The zero-order valence-corrected chi connectivity index (χ0v) is 15.5. The number of hydrogen-bond acceptors (Lipinski definition) is 6. The molecule has 156 valence electrons. The van der Waals surface area contributed by atoms with Gasteiger partial charge >= 0.3 is 6.36 Å². The Bertz CT molecular complexity index is 1090. The lowest BCUT2D eigenvalue weighted by Crippen LogP contribution is -2.31. The number of hydrogen-bond donors (Lipinski definition) is 0. The topological polar surface area (TPSA) is 99.0 Å². The van der Waals surface area contributed by atoms with E-state index in [4.69, 9.17) is 4.74 Å². The summed E-state index contributed by atoms with van der Waals surface area (Å²) in [5, 5.41) is 11.1. The number of ether oxygens (including phenoxy) is 2. The highest BCUT2D eigenvalue weighted by Crippen LogP contribution is 2.43. The Hall–Kier alpha value is -3.89. The molecule has 2 amide bonds. The molecule has 0 aliphatic carbocycles. The van der Waals surface area contributed by atoms with Crippen LogP contribution in [0.4, 0.5) is 24.5 Å². The molecule has 0 N–H and O–H groups in total. The molecule has 0 aromatic heterocycles. The van der Waals surface area contributed by atoms with Gasteiger partial charge in [0, 0.05) is 30.2 Å². The van der Waals surface area contributed by atoms with E-state index in [2.05, 4.69) is 4.74 Å². The first-order valence-electron chi connectivity index (χ1n) is 8.31. The highest BCUT2D eigenvalue weighted by atomic mass is 19.4. The van der Waals surface area contributed by atoms with Crippen LogP contribution in [0.25, 0.3) is 11.3 Å². The number of non-ortho nitro benzene ring substituents is 1. The molecule has 1 aliphatic heterocycles. The van der Waals surface area contributed by atoms with Crippen molar-refractivity contribution in [1.29, 1.82) is 0 Å². The number of carbonyl (C=O) groups is 2. The van der Waals surface area contributed by atoms with Crippen LogP contribution in [0, 0.1) is 10.1 Å². The number of anilines is 1. The van der Waals surface area contributed by atoms with Crippen molar-refractivity contribution in [2.45, 2.75) is 13.3 Å². The van der Waals surface area contributed by atoms with Gasteiger partial charge in [-0.15, -0.1) is 13.2 Å². The van der Waals surface area contributed by atoms with E-state index in [1.807, 2.05) is 0 Å². The van der Waals surface area contributed by atoms with Gasteiger partial charge in [-0.2, -0.15) is 0 Å². The Balaban J connectivity index is 2.26. The summed E-state index contributed by atoms with van der Waals surface area (Å²) < 4.78 is 47.1. The predicted octanol–water partition coefficient (Wildman–Crippen LogP) is 3.90. The van der Waals surface area contributed by atoms with E-state index >= 15 is 0 Å². The number of halogens is 3. The van der Waals surface area contributed by atoms with Gasteiger partial charge in [0.15, 0.2) is 0 Å². The lowest BCUT2D eigenvalue weighted by atomic mass is 10.0. The molecule has 2 aromatic rings. The number of alkyl halides is 3. The third-order valence-electron chi connectivity index (χ3n) is 4.19. The fourth-order valence-corrected chi connectivity index (χ4v) is 3.10. The van der Waals surface area contributed by atoms with Crippen LogP contribution in [0.1, 0.15) is 18.1 Å². The Morgan fingerprint density at radius 2 is 1.87 bits per heavy atom. The molecular weight excluding hydrogens is 409 g/mol. The lowest BCUT2D eigenvalue weighted by molar-refractivity contribution is -0.384. The zero-order valence-electron chi connectivity index (χ0n) is 15.5. The molecule has 0 atom stereocenters. The lowest BCUT2D eigenvalue weighted by Gasteiger charge is -2.13. The first-order valence-corrected chi connectivity index (χ1v) is 8.31. The maximum Gasteiger partial charge on any atom is 0.573 e. The molecule has 0 spiro atoms. The van der Waals surface area contributed by atoms with E-state index < -0.39 is 28.8 Å². The van der Waals surface area contributed by atoms with Gasteiger partial charge in [0.05, 0.1) is 23.3 Å². The molecule has 0 saturated heterocycles. The fourth-order valence-electron chi connectivity index (χ4n) is 3.10. The second-order valence-corrected chi connectivity index (χ2v) is 6.10. The second-order valence-electron chi connectivity index (χ2n) is 6.10. The van der Waals surface area contributed by atoms with Crippen molar-refractivity contribution in [3.05, 3.63) is 63.7 Å². The highest BCUT2D eigenvalue weighted by Gasteiger charge is 2.39. The number of imide groups is 1. The van der Waals surface area contributed by atoms with E-state index in [1.54, 1.807) is 0 Å². The fraction of sp³-hybridized carbons (Fsp3) is 0.158. The van der Waals surface area contributed by atoms with Crippen molar-refractivity contribution in [3.8, 4) is 5.75 Å². The summed E-state index contributed by atoms with van der Waals surface area (Å²) in [6, 6.07) is 8.23. The SMILES string of the molecule is CO/C(=C1\C(=O)N(C(C)=O)c2ccc(OC(F)(F)F)cc21)c1cccc([N+](=O)[O-])c1. The van der Waals surface area contributed by atoms with Crippen LogP contribution in [-0.2, 0) is 14.3 Å². The van der Waals surface area contributed by atoms with Crippen molar-refractivity contribution in [3.63, 3.8) is 0 Å². The zero-order chi connectivity index (χ0) is 22.2. The Labute approximate surface area is 167 Å². The van der Waals surface area contributed by atoms with Crippen LogP contribution < -0.4 is 9.64 Å². The maximum atomic E-state index is 13.0. The predicted molar refractivity (Wildman–Crippen MR) is 98.2 cm³/mol. The molecule has 0 bridgehead atoms. The summed E-state index contributed by atoms with van der Waals surface area (Å²) in [5.74, 6) is -2.26. The average molecular weight is 422 g/mol. The molecule has 3 rings (SSSR count). The van der Waals surface area contributed by atoms with Crippen molar-refractivity contribution in [2.24, 2.45) is 0 Å². The monoisotopic (exact) mass is 422 g/mol. The average Bonchev–Trinajstić information content (AvgIpc) is 2.93. The van der Waals surface area contributed by atoms with E-state index in [0.29, 0.717) is 0 Å². The maximum absolute atomic E-state index is 13.0. The molecule has 0 unspecified atom stereocenters. The molecule has 1 aliphatic rings. The van der Waals surface area contributed by atoms with Gasteiger partial charge in [-0.1, -0.05) is 12.1 Å². The summed E-state index contributed by atoms with van der Waals surface area (Å²) >= 11 is 0. The van der Waals surface area contributed by atoms with Gasteiger partial charge in [-0.25, -0.2) is 4.90 Å². The normalized spacial score (nSPS) is 15.0. The molecule has 11 heteroatoms. The van der Waals surface area contributed by atoms with E-state index in [9.17, 15) is 32.9 Å². The van der Waals surface area contributed by atoms with Gasteiger partial charge in [0.1, 0.15) is 11.5 Å². The van der Waals surface area contributed by atoms with Crippen LogP contribution >= 0.6 is 0 Å².